The van der Waals surface area contributed by atoms with Crippen LogP contribution in [0.2, 0.25) is 5.02 Å². The molecule has 1 amide bonds. The van der Waals surface area contributed by atoms with E-state index in [0.29, 0.717) is 49.6 Å². The number of hydrogen-bond acceptors (Lipinski definition) is 7. The molecule has 1 aromatic heterocycles. The first kappa shape index (κ1) is 27.3. The van der Waals surface area contributed by atoms with Crippen LogP contribution in [-0.4, -0.2) is 59.6 Å². The molecule has 6 rings (SSSR count). The maximum Gasteiger partial charge on any atom is 0.318 e. The smallest absolute Gasteiger partial charge is 0.318 e. The number of carbonyl (C=O) groups excluding carboxylic acids is 1. The third-order valence-electron chi connectivity index (χ3n) is 8.47. The predicted molar refractivity (Wildman–Crippen MR) is 157 cm³/mol. The number of hydrogen-bond donors (Lipinski definition) is 0. The first-order valence-electron chi connectivity index (χ1n) is 14.1. The van der Waals surface area contributed by atoms with Gasteiger partial charge >= 0.3 is 6.01 Å². The summed E-state index contributed by atoms with van der Waals surface area (Å²) >= 11 is 6.66. The minimum atomic E-state index is -1.01. The molecule has 1 saturated carbocycles. The fourth-order valence-electron chi connectivity index (χ4n) is 6.06. The lowest BCUT2D eigenvalue weighted by molar-refractivity contribution is -0.131. The fourth-order valence-corrected chi connectivity index (χ4v) is 6.34. The third kappa shape index (κ3) is 5.41. The van der Waals surface area contributed by atoms with Crippen molar-refractivity contribution in [2.24, 2.45) is 5.92 Å². The molecule has 212 valence electrons. The summed E-state index contributed by atoms with van der Waals surface area (Å²) in [5, 5.41) is 12.3. The van der Waals surface area contributed by atoms with E-state index >= 15 is 0 Å². The Labute approximate surface area is 244 Å². The molecule has 0 unspecified atom stereocenters. The molecule has 10 heteroatoms. The fraction of sp³-hybridized carbons (Fsp3) is 0.419. The van der Waals surface area contributed by atoms with Crippen molar-refractivity contribution < 1.29 is 13.9 Å². The van der Waals surface area contributed by atoms with E-state index in [2.05, 4.69) is 40.6 Å². The molecule has 1 aliphatic carbocycles. The molecule has 3 aliphatic rings. The highest BCUT2D eigenvalue weighted by Gasteiger charge is 2.35. The van der Waals surface area contributed by atoms with Gasteiger partial charge in [0.05, 0.1) is 42.4 Å². The number of rotatable bonds is 7. The van der Waals surface area contributed by atoms with E-state index in [9.17, 15) is 14.4 Å². The van der Waals surface area contributed by atoms with Gasteiger partial charge in [-0.1, -0.05) is 48.9 Å². The van der Waals surface area contributed by atoms with Gasteiger partial charge in [0.25, 0.3) is 5.91 Å². The summed E-state index contributed by atoms with van der Waals surface area (Å²) in [5.74, 6) is -0.483. The number of ether oxygens (including phenoxy) is 1. The van der Waals surface area contributed by atoms with Gasteiger partial charge in [0, 0.05) is 42.8 Å². The van der Waals surface area contributed by atoms with Crippen molar-refractivity contribution in [3.8, 4) is 12.1 Å². The van der Waals surface area contributed by atoms with Crippen molar-refractivity contribution in [2.45, 2.75) is 44.7 Å². The van der Waals surface area contributed by atoms with E-state index in [1.54, 1.807) is 0 Å². The number of piperazine rings is 1. The molecular formula is C31H32ClFN6O2. The molecule has 0 spiro atoms. The number of benzene rings is 2. The zero-order valence-electron chi connectivity index (χ0n) is 22.9. The average Bonchev–Trinajstić information content (AvgIpc) is 2.95. The lowest BCUT2D eigenvalue weighted by Gasteiger charge is -2.42. The maximum atomic E-state index is 13.7. The Kier molecular flexibility index (Phi) is 7.67. The van der Waals surface area contributed by atoms with Gasteiger partial charge in [0.2, 0.25) is 0 Å². The average molecular weight is 575 g/mol. The first-order chi connectivity index (χ1) is 19.9. The van der Waals surface area contributed by atoms with Gasteiger partial charge in [-0.3, -0.25) is 4.79 Å². The van der Waals surface area contributed by atoms with Gasteiger partial charge < -0.3 is 19.4 Å². The standard InChI is InChI=1S/C31H32ClFN6O2/c1-20(33)30(40)39-16-15-38(17-23(39)11-13-34)29-24-12-14-37(27-10-4-8-22-7-3-9-25(32)28(22)27)18-26(24)35-31(36-29)41-19-21-5-2-6-21/h3-4,7-10,21,23H,1-2,5-6,11-12,14-19H2/t23-/m0/s1. The Hall–Kier alpha value is -3.90. The van der Waals surface area contributed by atoms with Crippen molar-refractivity contribution in [3.05, 3.63) is 65.1 Å². The van der Waals surface area contributed by atoms with Gasteiger partial charge in [-0.25, -0.2) is 4.39 Å². The van der Waals surface area contributed by atoms with Crippen LogP contribution in [0.15, 0.2) is 48.8 Å². The molecule has 41 heavy (non-hydrogen) atoms. The highest BCUT2D eigenvalue weighted by atomic mass is 35.5. The Bertz CT molecular complexity index is 1530. The maximum absolute atomic E-state index is 13.7. The van der Waals surface area contributed by atoms with Crippen molar-refractivity contribution in [2.75, 3.05) is 42.6 Å². The molecule has 1 atom stereocenters. The molecule has 8 nitrogen and oxygen atoms in total. The van der Waals surface area contributed by atoms with Crippen LogP contribution < -0.4 is 14.5 Å². The highest BCUT2D eigenvalue weighted by Crippen LogP contribution is 2.37. The SMILES string of the molecule is C=C(F)C(=O)N1CCN(c2nc(OCC3CCC3)nc3c2CCN(c2cccc4cccc(Cl)c24)C3)C[C@@H]1CC#N. The summed E-state index contributed by atoms with van der Waals surface area (Å²) in [5.41, 5.74) is 2.99. The van der Waals surface area contributed by atoms with Crippen molar-refractivity contribution in [1.29, 1.82) is 5.26 Å². The van der Waals surface area contributed by atoms with E-state index in [0.717, 1.165) is 52.9 Å². The van der Waals surface area contributed by atoms with Crippen molar-refractivity contribution in [1.82, 2.24) is 14.9 Å². The lowest BCUT2D eigenvalue weighted by Crippen LogP contribution is -2.55. The van der Waals surface area contributed by atoms with Gasteiger partial charge in [-0.2, -0.15) is 15.2 Å². The Morgan fingerprint density at radius 3 is 2.68 bits per heavy atom. The minimum Gasteiger partial charge on any atom is -0.463 e. The van der Waals surface area contributed by atoms with Crippen LogP contribution in [0, 0.1) is 17.2 Å². The first-order valence-corrected chi connectivity index (χ1v) is 14.5. The number of amides is 1. The predicted octanol–water partition coefficient (Wildman–Crippen LogP) is 5.44. The number of halogens is 2. The van der Waals surface area contributed by atoms with Crippen LogP contribution in [-0.2, 0) is 17.8 Å². The number of nitrogens with zero attached hydrogens (tertiary/aromatic N) is 6. The second-order valence-electron chi connectivity index (χ2n) is 11.0. The van der Waals surface area contributed by atoms with Crippen molar-refractivity contribution in [3.63, 3.8) is 0 Å². The summed E-state index contributed by atoms with van der Waals surface area (Å²) in [4.78, 5) is 28.0. The Morgan fingerprint density at radius 1 is 1.15 bits per heavy atom. The van der Waals surface area contributed by atoms with E-state index < -0.39 is 17.8 Å². The molecule has 2 aliphatic heterocycles. The zero-order valence-corrected chi connectivity index (χ0v) is 23.6. The quantitative estimate of drug-likeness (QED) is 0.347. The number of aromatic nitrogens is 2. The molecular weight excluding hydrogens is 543 g/mol. The summed E-state index contributed by atoms with van der Waals surface area (Å²) < 4.78 is 19.9. The summed E-state index contributed by atoms with van der Waals surface area (Å²) in [6, 6.07) is 14.2. The molecule has 1 saturated heterocycles. The van der Waals surface area contributed by atoms with Gasteiger partial charge in [-0.15, -0.1) is 0 Å². The van der Waals surface area contributed by atoms with Crippen LogP contribution in [0.3, 0.4) is 0 Å². The van der Waals surface area contributed by atoms with Gasteiger partial charge in [-0.05, 0) is 42.7 Å². The summed E-state index contributed by atoms with van der Waals surface area (Å²) in [6.07, 6.45) is 4.32. The Morgan fingerprint density at radius 2 is 1.95 bits per heavy atom. The Balaban J connectivity index is 1.33. The number of nitriles is 1. The van der Waals surface area contributed by atoms with E-state index in [4.69, 9.17) is 26.3 Å². The number of anilines is 2. The molecule has 3 heterocycles. The normalized spacial score (nSPS) is 19.0. The van der Waals surface area contributed by atoms with Gasteiger partial charge in [0.1, 0.15) is 5.82 Å². The largest absolute Gasteiger partial charge is 0.463 e. The van der Waals surface area contributed by atoms with Crippen LogP contribution in [0.4, 0.5) is 15.9 Å². The van der Waals surface area contributed by atoms with Crippen molar-refractivity contribution >= 4 is 39.8 Å². The zero-order chi connectivity index (χ0) is 28.5. The second-order valence-corrected chi connectivity index (χ2v) is 11.4. The van der Waals surface area contributed by atoms with Crippen LogP contribution in [0.5, 0.6) is 6.01 Å². The van der Waals surface area contributed by atoms with Crippen LogP contribution in [0.1, 0.15) is 36.9 Å². The van der Waals surface area contributed by atoms with E-state index in [1.165, 1.54) is 11.3 Å². The molecule has 3 aromatic rings. The highest BCUT2D eigenvalue weighted by molar-refractivity contribution is 6.36. The monoisotopic (exact) mass is 574 g/mol. The topological polar surface area (TPSA) is 85.6 Å². The van der Waals surface area contributed by atoms with Crippen LogP contribution in [0.25, 0.3) is 10.8 Å². The summed E-state index contributed by atoms with van der Waals surface area (Å²) in [7, 11) is 0. The number of carbonyl (C=O) groups is 1. The molecule has 0 bridgehead atoms. The summed E-state index contributed by atoms with van der Waals surface area (Å²) in [6.45, 7) is 6.15. The van der Waals surface area contributed by atoms with E-state index in [-0.39, 0.29) is 13.0 Å². The van der Waals surface area contributed by atoms with Crippen LogP contribution >= 0.6 is 11.6 Å². The molecule has 0 N–H and O–H groups in total. The molecule has 0 radical (unpaired) electrons. The lowest BCUT2D eigenvalue weighted by atomic mass is 9.86. The second kappa shape index (κ2) is 11.5. The minimum absolute atomic E-state index is 0.0868. The molecule has 2 aromatic carbocycles. The van der Waals surface area contributed by atoms with E-state index in [1.807, 2.05) is 18.2 Å². The van der Waals surface area contributed by atoms with Gasteiger partial charge in [0.15, 0.2) is 5.83 Å². The molecule has 2 fully saturated rings. The number of fused-ring (bicyclic) bond motifs is 2. The third-order valence-corrected chi connectivity index (χ3v) is 8.79.